The number of carbonyl (C=O) groups excluding carboxylic acids is 2. The Labute approximate surface area is 95.3 Å². The largest absolute Gasteiger partial charge is 0.376 e. The molecule has 5 heteroatoms. The smallest absolute Gasteiger partial charge is 0.331 e. The molecule has 3 amide bonds. The standard InChI is InChI=1S/C11H17N3O2/c1-12-9(10(15)13(2)11(12)16)8-14-6-4-3-5-7-14/h8H,3-7H2,1-2H3/b9-8+. The molecule has 2 aliphatic heterocycles. The van der Waals surface area contributed by atoms with Crippen molar-refractivity contribution in [3.05, 3.63) is 11.9 Å². The molecular formula is C11H17N3O2. The number of hydrogen-bond donors (Lipinski definition) is 0. The van der Waals surface area contributed by atoms with Crippen molar-refractivity contribution in [1.82, 2.24) is 14.7 Å². The minimum absolute atomic E-state index is 0.210. The van der Waals surface area contributed by atoms with Gasteiger partial charge in [-0.15, -0.1) is 0 Å². The molecular weight excluding hydrogens is 206 g/mol. The average Bonchev–Trinajstić information content (AvgIpc) is 2.48. The van der Waals surface area contributed by atoms with Gasteiger partial charge in [-0.3, -0.25) is 14.6 Å². The number of hydrogen-bond acceptors (Lipinski definition) is 3. The predicted molar refractivity (Wildman–Crippen MR) is 59.4 cm³/mol. The van der Waals surface area contributed by atoms with E-state index in [0.717, 1.165) is 30.8 Å². The first-order valence-electron chi connectivity index (χ1n) is 5.63. The molecule has 2 aliphatic rings. The summed E-state index contributed by atoms with van der Waals surface area (Å²) in [6.07, 6.45) is 5.39. The molecule has 0 atom stereocenters. The monoisotopic (exact) mass is 223 g/mol. The number of piperidine rings is 1. The summed E-state index contributed by atoms with van der Waals surface area (Å²) in [5, 5.41) is 0. The maximum absolute atomic E-state index is 11.8. The molecule has 88 valence electrons. The van der Waals surface area contributed by atoms with E-state index in [1.54, 1.807) is 7.05 Å². The molecule has 0 aromatic rings. The van der Waals surface area contributed by atoms with Crippen LogP contribution in [0.2, 0.25) is 0 Å². The Morgan fingerprint density at radius 2 is 1.62 bits per heavy atom. The molecule has 0 aliphatic carbocycles. The fourth-order valence-corrected chi connectivity index (χ4v) is 2.09. The SMILES string of the molecule is CN1C(=O)/C(=C\N2CCCCC2)N(C)C1=O. The Bertz CT molecular complexity index is 345. The van der Waals surface area contributed by atoms with Gasteiger partial charge in [0.25, 0.3) is 5.91 Å². The molecule has 0 bridgehead atoms. The molecule has 0 aromatic carbocycles. The van der Waals surface area contributed by atoms with Crippen molar-refractivity contribution < 1.29 is 9.59 Å². The van der Waals surface area contributed by atoms with Crippen LogP contribution < -0.4 is 0 Å². The first-order valence-corrected chi connectivity index (χ1v) is 5.63. The van der Waals surface area contributed by atoms with Crippen LogP contribution in [0.4, 0.5) is 4.79 Å². The van der Waals surface area contributed by atoms with Gasteiger partial charge in [0.05, 0.1) is 0 Å². The lowest BCUT2D eigenvalue weighted by Gasteiger charge is -2.25. The second kappa shape index (κ2) is 4.15. The van der Waals surface area contributed by atoms with Crippen LogP contribution in [0.3, 0.4) is 0 Å². The highest BCUT2D eigenvalue weighted by atomic mass is 16.2. The molecule has 0 radical (unpaired) electrons. The van der Waals surface area contributed by atoms with Gasteiger partial charge in [-0.05, 0) is 19.3 Å². The number of nitrogens with zero attached hydrogens (tertiary/aromatic N) is 3. The van der Waals surface area contributed by atoms with Crippen LogP contribution in [-0.2, 0) is 4.79 Å². The van der Waals surface area contributed by atoms with Crippen molar-refractivity contribution in [3.8, 4) is 0 Å². The van der Waals surface area contributed by atoms with E-state index in [9.17, 15) is 9.59 Å². The second-order valence-electron chi connectivity index (χ2n) is 4.32. The van der Waals surface area contributed by atoms with E-state index in [1.165, 1.54) is 18.4 Å². The summed E-state index contributed by atoms with van der Waals surface area (Å²) < 4.78 is 0. The van der Waals surface area contributed by atoms with E-state index in [0.29, 0.717) is 5.70 Å². The van der Waals surface area contributed by atoms with Gasteiger partial charge in [-0.25, -0.2) is 4.79 Å². The molecule has 0 saturated carbocycles. The molecule has 16 heavy (non-hydrogen) atoms. The summed E-state index contributed by atoms with van der Waals surface area (Å²) in [7, 11) is 3.15. The van der Waals surface area contributed by atoms with Crippen molar-refractivity contribution in [3.63, 3.8) is 0 Å². The third kappa shape index (κ3) is 1.77. The highest BCUT2D eigenvalue weighted by Gasteiger charge is 2.36. The fraction of sp³-hybridized carbons (Fsp3) is 0.636. The lowest BCUT2D eigenvalue weighted by atomic mass is 10.1. The topological polar surface area (TPSA) is 43.9 Å². The van der Waals surface area contributed by atoms with Gasteiger partial charge >= 0.3 is 6.03 Å². The van der Waals surface area contributed by atoms with Gasteiger partial charge in [0.15, 0.2) is 0 Å². The Hall–Kier alpha value is -1.52. The van der Waals surface area contributed by atoms with Crippen LogP contribution >= 0.6 is 0 Å². The van der Waals surface area contributed by atoms with Crippen molar-refractivity contribution in [2.45, 2.75) is 19.3 Å². The van der Waals surface area contributed by atoms with E-state index in [4.69, 9.17) is 0 Å². The predicted octanol–water partition coefficient (Wildman–Crippen LogP) is 0.838. The van der Waals surface area contributed by atoms with E-state index in [2.05, 4.69) is 4.90 Å². The number of likely N-dealkylation sites (tertiary alicyclic amines) is 1. The van der Waals surface area contributed by atoms with Gasteiger partial charge in [0.1, 0.15) is 5.70 Å². The Balaban J connectivity index is 2.16. The highest BCUT2D eigenvalue weighted by molar-refractivity contribution is 6.11. The Kier molecular flexibility index (Phi) is 2.85. The maximum atomic E-state index is 11.8. The Morgan fingerprint density at radius 1 is 1.00 bits per heavy atom. The second-order valence-corrected chi connectivity index (χ2v) is 4.32. The quantitative estimate of drug-likeness (QED) is 0.488. The van der Waals surface area contributed by atoms with Crippen molar-refractivity contribution >= 4 is 11.9 Å². The first-order chi connectivity index (χ1) is 7.61. The minimum atomic E-state index is -0.256. The molecule has 2 rings (SSSR count). The van der Waals surface area contributed by atoms with Gasteiger partial charge in [0, 0.05) is 33.4 Å². The zero-order valence-corrected chi connectivity index (χ0v) is 9.77. The van der Waals surface area contributed by atoms with Gasteiger partial charge in [-0.2, -0.15) is 0 Å². The van der Waals surface area contributed by atoms with Crippen LogP contribution in [0.5, 0.6) is 0 Å². The van der Waals surface area contributed by atoms with Crippen molar-refractivity contribution in [2.24, 2.45) is 0 Å². The molecule has 0 unspecified atom stereocenters. The number of amides is 3. The number of likely N-dealkylation sites (N-methyl/N-ethyl adjacent to an activating group) is 2. The molecule has 2 heterocycles. The van der Waals surface area contributed by atoms with Crippen LogP contribution in [0, 0.1) is 0 Å². The zero-order valence-electron chi connectivity index (χ0n) is 9.77. The lowest BCUT2D eigenvalue weighted by molar-refractivity contribution is -0.122. The molecule has 2 fully saturated rings. The van der Waals surface area contributed by atoms with Crippen molar-refractivity contribution in [1.29, 1.82) is 0 Å². The van der Waals surface area contributed by atoms with Gasteiger partial charge in [-0.1, -0.05) is 0 Å². The summed E-state index contributed by atoms with van der Waals surface area (Å²) >= 11 is 0. The Morgan fingerprint density at radius 3 is 2.12 bits per heavy atom. The van der Waals surface area contributed by atoms with E-state index in [1.807, 2.05) is 6.20 Å². The maximum Gasteiger partial charge on any atom is 0.331 e. The van der Waals surface area contributed by atoms with Crippen LogP contribution in [0.1, 0.15) is 19.3 Å². The summed E-state index contributed by atoms with van der Waals surface area (Å²) in [5.41, 5.74) is 0.481. The summed E-state index contributed by atoms with van der Waals surface area (Å²) in [6, 6.07) is -0.256. The van der Waals surface area contributed by atoms with Crippen molar-refractivity contribution in [2.75, 3.05) is 27.2 Å². The lowest BCUT2D eigenvalue weighted by Crippen LogP contribution is -2.27. The number of carbonyl (C=O) groups is 2. The molecule has 0 spiro atoms. The van der Waals surface area contributed by atoms with Gasteiger partial charge < -0.3 is 4.90 Å². The number of imide groups is 1. The van der Waals surface area contributed by atoms with Crippen LogP contribution in [-0.4, -0.2) is 53.8 Å². The van der Waals surface area contributed by atoms with Gasteiger partial charge in [0.2, 0.25) is 0 Å². The van der Waals surface area contributed by atoms with E-state index < -0.39 is 0 Å². The van der Waals surface area contributed by atoms with Crippen LogP contribution in [0.15, 0.2) is 11.9 Å². The third-order valence-electron chi connectivity index (χ3n) is 3.15. The summed E-state index contributed by atoms with van der Waals surface area (Å²) in [5.74, 6) is -0.210. The molecule has 5 nitrogen and oxygen atoms in total. The zero-order chi connectivity index (χ0) is 11.7. The molecule has 0 N–H and O–H groups in total. The molecule has 0 aromatic heterocycles. The van der Waals surface area contributed by atoms with Crippen LogP contribution in [0.25, 0.3) is 0 Å². The highest BCUT2D eigenvalue weighted by Crippen LogP contribution is 2.19. The summed E-state index contributed by atoms with van der Waals surface area (Å²) in [4.78, 5) is 28.0. The van der Waals surface area contributed by atoms with E-state index in [-0.39, 0.29) is 11.9 Å². The number of rotatable bonds is 1. The minimum Gasteiger partial charge on any atom is -0.376 e. The fourth-order valence-electron chi connectivity index (χ4n) is 2.09. The summed E-state index contributed by atoms with van der Waals surface area (Å²) in [6.45, 7) is 1.95. The van der Waals surface area contributed by atoms with E-state index >= 15 is 0 Å². The number of urea groups is 1. The first kappa shape index (κ1) is 11.0. The molecule has 2 saturated heterocycles. The third-order valence-corrected chi connectivity index (χ3v) is 3.15. The average molecular weight is 223 g/mol. The normalized spacial score (nSPS) is 24.9.